The molecule has 0 fully saturated rings. The Morgan fingerprint density at radius 2 is 2.12 bits per heavy atom. The van der Waals surface area contributed by atoms with Gasteiger partial charge in [0.05, 0.1) is 5.03 Å². The van der Waals surface area contributed by atoms with Gasteiger partial charge in [0.2, 0.25) is 0 Å². The van der Waals surface area contributed by atoms with Gasteiger partial charge in [0.15, 0.2) is 0 Å². The summed E-state index contributed by atoms with van der Waals surface area (Å²) in [6, 6.07) is 6.46. The van der Waals surface area contributed by atoms with Crippen LogP contribution in [0, 0.1) is 0 Å². The maximum atomic E-state index is 12.2. The van der Waals surface area contributed by atoms with Crippen molar-refractivity contribution < 1.29 is 13.9 Å². The number of hydrogen-bond acceptors (Lipinski definition) is 5. The third kappa shape index (κ3) is 4.07. The van der Waals surface area contributed by atoms with Crippen LogP contribution in [0.4, 0.5) is 0 Å². The molecular weight excluding hydrogens is 353 g/mol. The first-order valence-electron chi connectivity index (χ1n) is 6.75. The van der Waals surface area contributed by atoms with Crippen molar-refractivity contribution in [2.75, 3.05) is 0 Å². The summed E-state index contributed by atoms with van der Waals surface area (Å²) in [6.45, 7) is 3.50. The van der Waals surface area contributed by atoms with E-state index in [1.165, 1.54) is 18.2 Å². The van der Waals surface area contributed by atoms with Gasteiger partial charge in [-0.2, -0.15) is 0 Å². The number of nitrogens with two attached hydrogens (primary N) is 1. The molecule has 0 aliphatic heterocycles. The fraction of sp³-hybridized carbons (Fsp3) is 0.0588. The van der Waals surface area contributed by atoms with Crippen molar-refractivity contribution in [1.29, 1.82) is 0 Å². The predicted octanol–water partition coefficient (Wildman–Crippen LogP) is 3.80. The topological polar surface area (TPSA) is 82.5 Å². The maximum Gasteiger partial charge on any atom is 0.351 e. The number of benzene rings is 1. The highest BCUT2D eigenvalue weighted by Gasteiger charge is 2.16. The van der Waals surface area contributed by atoms with E-state index in [-0.39, 0.29) is 16.4 Å². The van der Waals surface area contributed by atoms with Gasteiger partial charge in [0, 0.05) is 23.5 Å². The van der Waals surface area contributed by atoms with Crippen molar-refractivity contribution in [2.24, 2.45) is 5.73 Å². The van der Waals surface area contributed by atoms with Gasteiger partial charge in [-0.05, 0) is 29.8 Å². The number of ether oxygens (including phenoxy) is 1. The Labute approximate surface area is 147 Å². The first kappa shape index (κ1) is 17.8. The highest BCUT2D eigenvalue weighted by Crippen LogP contribution is 2.18. The molecule has 0 unspecified atom stereocenters. The number of allylic oxidation sites excluding steroid dienone is 3. The Morgan fingerprint density at radius 3 is 2.75 bits per heavy atom. The third-order valence-corrected chi connectivity index (χ3v) is 3.57. The summed E-state index contributed by atoms with van der Waals surface area (Å²) in [5, 5.41) is 0.707. The molecule has 0 saturated carbocycles. The smallest absolute Gasteiger partial charge is 0.351 e. The second kappa shape index (κ2) is 7.86. The molecule has 0 aliphatic rings. The van der Waals surface area contributed by atoms with Crippen LogP contribution >= 0.6 is 23.2 Å². The summed E-state index contributed by atoms with van der Waals surface area (Å²) in [5.41, 5.74) is 5.35. The molecular formula is C17H13Cl2NO4. The monoisotopic (exact) mass is 365 g/mol. The van der Waals surface area contributed by atoms with Crippen LogP contribution in [-0.4, -0.2) is 5.97 Å². The molecule has 0 radical (unpaired) electrons. The minimum Gasteiger partial charge on any atom is -0.423 e. The molecule has 1 heterocycles. The fourth-order valence-electron chi connectivity index (χ4n) is 1.87. The van der Waals surface area contributed by atoms with Crippen LogP contribution in [0.2, 0.25) is 0 Å². The van der Waals surface area contributed by atoms with Crippen molar-refractivity contribution in [3.8, 4) is 0 Å². The molecule has 0 aliphatic carbocycles. The van der Waals surface area contributed by atoms with E-state index in [4.69, 9.17) is 38.1 Å². The number of rotatable bonds is 5. The summed E-state index contributed by atoms with van der Waals surface area (Å²) >= 11 is 11.5. The van der Waals surface area contributed by atoms with Gasteiger partial charge in [-0.1, -0.05) is 24.2 Å². The standard InChI is InChI=1S/C17H13Cl2NO4/c1-2-13(7-12(19)9-20)23-16(21)14-6-11-5-10(8-18)3-4-15(11)24-17(14)22/h2-7,9H,1,8,20H2/b12-9+,13-7+. The highest BCUT2D eigenvalue weighted by molar-refractivity contribution is 6.31. The highest BCUT2D eigenvalue weighted by atomic mass is 35.5. The quantitative estimate of drug-likeness (QED) is 0.286. The van der Waals surface area contributed by atoms with Crippen LogP contribution in [0.1, 0.15) is 15.9 Å². The van der Waals surface area contributed by atoms with Crippen LogP contribution < -0.4 is 11.4 Å². The minimum atomic E-state index is -0.894. The average Bonchev–Trinajstić information content (AvgIpc) is 2.59. The van der Waals surface area contributed by atoms with Gasteiger partial charge >= 0.3 is 11.6 Å². The van der Waals surface area contributed by atoms with E-state index in [9.17, 15) is 9.59 Å². The Bertz CT molecular complexity index is 912. The zero-order chi connectivity index (χ0) is 17.7. The molecule has 1 aromatic heterocycles. The van der Waals surface area contributed by atoms with Crippen molar-refractivity contribution in [3.63, 3.8) is 0 Å². The Hall–Kier alpha value is -2.50. The van der Waals surface area contributed by atoms with Gasteiger partial charge < -0.3 is 14.9 Å². The first-order chi connectivity index (χ1) is 11.5. The van der Waals surface area contributed by atoms with Gasteiger partial charge in [0.25, 0.3) is 0 Å². The number of carbonyl (C=O) groups excluding carboxylic acids is 1. The molecule has 2 aromatic rings. The lowest BCUT2D eigenvalue weighted by Gasteiger charge is -2.05. The molecule has 0 atom stereocenters. The lowest BCUT2D eigenvalue weighted by atomic mass is 10.1. The van der Waals surface area contributed by atoms with E-state index in [1.54, 1.807) is 18.2 Å². The Balaban J connectivity index is 2.41. The fourth-order valence-corrected chi connectivity index (χ4v) is 2.15. The van der Waals surface area contributed by atoms with Crippen molar-refractivity contribution in [3.05, 3.63) is 81.5 Å². The SMILES string of the molecule is C=C/C(=C\C(Cl)=C/N)OC(=O)c1cc2cc(CCl)ccc2oc1=O. The van der Waals surface area contributed by atoms with Crippen LogP contribution in [0.5, 0.6) is 0 Å². The third-order valence-electron chi connectivity index (χ3n) is 3.02. The normalized spacial score (nSPS) is 12.2. The summed E-state index contributed by atoms with van der Waals surface area (Å²) in [5.74, 6) is -0.558. The largest absolute Gasteiger partial charge is 0.423 e. The summed E-state index contributed by atoms with van der Waals surface area (Å²) in [4.78, 5) is 24.2. The van der Waals surface area contributed by atoms with Crippen molar-refractivity contribution in [1.82, 2.24) is 0 Å². The van der Waals surface area contributed by atoms with E-state index in [1.807, 2.05) is 0 Å². The van der Waals surface area contributed by atoms with Crippen LogP contribution in [-0.2, 0) is 10.6 Å². The predicted molar refractivity (Wildman–Crippen MR) is 93.9 cm³/mol. The zero-order valence-electron chi connectivity index (χ0n) is 12.4. The number of carbonyl (C=O) groups is 1. The number of fused-ring (bicyclic) bond motifs is 1. The summed E-state index contributed by atoms with van der Waals surface area (Å²) in [7, 11) is 0. The minimum absolute atomic E-state index is 0.0423. The Kier molecular flexibility index (Phi) is 5.84. The van der Waals surface area contributed by atoms with Crippen LogP contribution in [0.25, 0.3) is 11.0 Å². The van der Waals surface area contributed by atoms with E-state index >= 15 is 0 Å². The van der Waals surface area contributed by atoms with Crippen molar-refractivity contribution in [2.45, 2.75) is 5.88 Å². The molecule has 0 amide bonds. The van der Waals surface area contributed by atoms with Crippen molar-refractivity contribution >= 4 is 40.1 Å². The van der Waals surface area contributed by atoms with Gasteiger partial charge in [-0.15, -0.1) is 11.6 Å². The molecule has 0 spiro atoms. The molecule has 0 saturated heterocycles. The molecule has 0 bridgehead atoms. The van der Waals surface area contributed by atoms with Gasteiger partial charge in [-0.25, -0.2) is 9.59 Å². The maximum absolute atomic E-state index is 12.2. The number of halogens is 2. The van der Waals surface area contributed by atoms with E-state index in [2.05, 4.69) is 6.58 Å². The van der Waals surface area contributed by atoms with Crippen LogP contribution in [0.15, 0.2) is 69.2 Å². The van der Waals surface area contributed by atoms with E-state index < -0.39 is 11.6 Å². The lowest BCUT2D eigenvalue weighted by Crippen LogP contribution is -2.16. The van der Waals surface area contributed by atoms with Crippen LogP contribution in [0.3, 0.4) is 0 Å². The number of alkyl halides is 1. The molecule has 2 rings (SSSR count). The Morgan fingerprint density at radius 1 is 1.38 bits per heavy atom. The summed E-state index contributed by atoms with van der Waals surface area (Å²) < 4.78 is 10.2. The summed E-state index contributed by atoms with van der Waals surface area (Å²) in [6.07, 6.45) is 3.68. The second-order valence-electron chi connectivity index (χ2n) is 4.65. The molecule has 2 N–H and O–H groups in total. The van der Waals surface area contributed by atoms with E-state index in [0.717, 1.165) is 11.8 Å². The second-order valence-corrected chi connectivity index (χ2v) is 5.35. The average molecular weight is 366 g/mol. The lowest BCUT2D eigenvalue weighted by molar-refractivity contribution is 0.0632. The number of hydrogen-bond donors (Lipinski definition) is 1. The molecule has 24 heavy (non-hydrogen) atoms. The number of esters is 1. The van der Waals surface area contributed by atoms with Gasteiger partial charge in [-0.3, -0.25) is 0 Å². The van der Waals surface area contributed by atoms with Gasteiger partial charge in [0.1, 0.15) is 16.9 Å². The van der Waals surface area contributed by atoms with E-state index in [0.29, 0.717) is 16.8 Å². The molecule has 7 heteroatoms. The molecule has 5 nitrogen and oxygen atoms in total. The molecule has 124 valence electrons. The first-order valence-corrected chi connectivity index (χ1v) is 7.66. The zero-order valence-corrected chi connectivity index (χ0v) is 13.9. The molecule has 1 aromatic carbocycles.